The number of carboxylic acids is 1. The largest absolute Gasteiger partial charge is 0.480 e. The lowest BCUT2D eigenvalue weighted by Gasteiger charge is -2.18. The number of hydrogen-bond donors (Lipinski definition) is 5. The maximum atomic E-state index is 12.5. The first-order valence-corrected chi connectivity index (χ1v) is 11.5. The van der Waals surface area contributed by atoms with Crippen molar-refractivity contribution in [3.63, 3.8) is 0 Å². The Labute approximate surface area is 184 Å². The van der Waals surface area contributed by atoms with Gasteiger partial charge in [0, 0.05) is 12.4 Å². The van der Waals surface area contributed by atoms with E-state index in [1.54, 1.807) is 20.8 Å². The highest BCUT2D eigenvalue weighted by Gasteiger charge is 2.32. The Bertz CT molecular complexity index is 1070. The van der Waals surface area contributed by atoms with Gasteiger partial charge in [-0.3, -0.25) is 15.4 Å². The van der Waals surface area contributed by atoms with Gasteiger partial charge in [-0.15, -0.1) is 21.5 Å². The smallest absolute Gasteiger partial charge is 0.413 e. The molecule has 0 fully saturated rings. The van der Waals surface area contributed by atoms with Crippen LogP contribution in [-0.2, 0) is 19.6 Å². The number of carbonyl (C=O) groups is 3. The molecule has 5 N–H and O–H groups in total. The van der Waals surface area contributed by atoms with Gasteiger partial charge in [-0.1, -0.05) is 11.3 Å². The van der Waals surface area contributed by atoms with E-state index < -0.39 is 44.1 Å². The van der Waals surface area contributed by atoms with Crippen molar-refractivity contribution in [2.75, 3.05) is 17.7 Å². The molecule has 0 aliphatic heterocycles. The molecule has 2 aromatic rings. The lowest BCUT2D eigenvalue weighted by Crippen LogP contribution is -2.34. The number of nitrogens with one attached hydrogen (secondary N) is 4. The predicted molar refractivity (Wildman–Crippen MR) is 111 cm³/mol. The second-order valence-corrected chi connectivity index (χ2v) is 10.4. The molecule has 0 radical (unpaired) electrons. The number of nitrogens with zero attached hydrogens (tertiary/aromatic N) is 3. The van der Waals surface area contributed by atoms with Crippen LogP contribution < -0.4 is 20.7 Å². The first-order valence-electron chi connectivity index (χ1n) is 8.33. The number of carbonyl (C=O) groups excluding carboxylic acids is 2. The van der Waals surface area contributed by atoms with E-state index >= 15 is 0 Å². The van der Waals surface area contributed by atoms with Crippen LogP contribution >= 0.6 is 22.7 Å². The molecule has 2 heterocycles. The normalized spacial score (nSPS) is 12.6. The number of urea groups is 1. The topological polar surface area (TPSA) is 202 Å². The van der Waals surface area contributed by atoms with Crippen LogP contribution in [0.2, 0.25) is 0 Å². The van der Waals surface area contributed by atoms with Crippen molar-refractivity contribution in [1.82, 2.24) is 25.2 Å². The molecule has 2 aromatic heterocycles. The predicted octanol–water partition coefficient (Wildman–Crippen LogP) is 1.20. The summed E-state index contributed by atoms with van der Waals surface area (Å²) >= 11 is 1.41. The molecule has 0 aliphatic carbocycles. The number of hydrogen-bond acceptors (Lipinski definition) is 11. The molecule has 0 aromatic carbocycles. The molecule has 0 saturated carbocycles. The molecule has 14 nitrogen and oxygen atoms in total. The Morgan fingerprint density at radius 3 is 2.42 bits per heavy atom. The zero-order valence-electron chi connectivity index (χ0n) is 16.6. The fourth-order valence-electron chi connectivity index (χ4n) is 1.84. The first-order chi connectivity index (χ1) is 14.3. The molecule has 17 heteroatoms. The molecule has 3 amide bonds. The van der Waals surface area contributed by atoms with Crippen LogP contribution in [0.25, 0.3) is 0 Å². The number of anilines is 2. The zero-order valence-corrected chi connectivity index (χ0v) is 19.1. The number of aliphatic carboxylic acids is 1. The van der Waals surface area contributed by atoms with Crippen molar-refractivity contribution in [2.45, 2.75) is 36.8 Å². The summed E-state index contributed by atoms with van der Waals surface area (Å²) in [5, 5.41) is 24.5. The Kier molecular flexibility index (Phi) is 7.47. The fourth-order valence-corrected chi connectivity index (χ4v) is 4.63. The van der Waals surface area contributed by atoms with Crippen LogP contribution in [0.1, 0.15) is 32.5 Å². The third kappa shape index (κ3) is 7.09. The number of carboxylic acid groups (broad SMARTS) is 1. The highest BCUT2D eigenvalue weighted by atomic mass is 32.2. The van der Waals surface area contributed by atoms with Crippen molar-refractivity contribution in [3.05, 3.63) is 11.1 Å². The summed E-state index contributed by atoms with van der Waals surface area (Å²) in [5.74, 6) is -1.54. The molecule has 0 aliphatic rings. The Morgan fingerprint density at radius 2 is 1.84 bits per heavy atom. The number of amides is 3. The zero-order chi connectivity index (χ0) is 23.4. The van der Waals surface area contributed by atoms with Crippen LogP contribution in [0.3, 0.4) is 0 Å². The van der Waals surface area contributed by atoms with Crippen LogP contribution in [-0.4, -0.2) is 59.4 Å². The number of rotatable bonds is 7. The Balaban J connectivity index is 2.16. The van der Waals surface area contributed by atoms with E-state index in [2.05, 4.69) is 31.1 Å². The molecule has 0 saturated heterocycles. The maximum Gasteiger partial charge on any atom is 0.413 e. The number of thiazole rings is 1. The van der Waals surface area contributed by atoms with Crippen LogP contribution in [0.5, 0.6) is 0 Å². The first kappa shape index (κ1) is 24.4. The van der Waals surface area contributed by atoms with E-state index in [0.29, 0.717) is 11.3 Å². The quantitative estimate of drug-likeness (QED) is 0.349. The Morgan fingerprint density at radius 1 is 1.16 bits per heavy atom. The molecule has 31 heavy (non-hydrogen) atoms. The van der Waals surface area contributed by atoms with Crippen molar-refractivity contribution in [2.24, 2.45) is 0 Å². The van der Waals surface area contributed by atoms with Gasteiger partial charge in [0.1, 0.15) is 5.60 Å². The molecule has 2 rings (SSSR count). The minimum Gasteiger partial charge on any atom is -0.480 e. The van der Waals surface area contributed by atoms with Crippen LogP contribution in [0, 0.1) is 0 Å². The summed E-state index contributed by atoms with van der Waals surface area (Å²) in [6.45, 7) is 4.99. The van der Waals surface area contributed by atoms with Gasteiger partial charge in [-0.25, -0.2) is 23.0 Å². The summed E-state index contributed by atoms with van der Waals surface area (Å²) < 4.78 is 31.5. The highest BCUT2D eigenvalue weighted by molar-refractivity contribution is 7.91. The van der Waals surface area contributed by atoms with E-state index in [1.807, 2.05) is 4.72 Å². The molecular formula is C14H19N7O7S3. The third-order valence-electron chi connectivity index (χ3n) is 3.03. The van der Waals surface area contributed by atoms with Gasteiger partial charge in [-0.2, -0.15) is 4.72 Å². The van der Waals surface area contributed by atoms with E-state index in [1.165, 1.54) is 12.4 Å². The highest BCUT2D eigenvalue weighted by Crippen LogP contribution is 2.25. The lowest BCUT2D eigenvalue weighted by molar-refractivity contribution is -0.139. The third-order valence-corrected chi connectivity index (χ3v) is 6.43. The number of aromatic nitrogens is 3. The summed E-state index contributed by atoms with van der Waals surface area (Å²) in [5.41, 5.74) is -0.920. The second kappa shape index (κ2) is 9.50. The molecule has 170 valence electrons. The van der Waals surface area contributed by atoms with Gasteiger partial charge in [0.2, 0.25) is 9.47 Å². The van der Waals surface area contributed by atoms with Gasteiger partial charge in [-0.05, 0) is 20.8 Å². The standard InChI is InChI=1S/C14H19N7O7S3/c1-14(2,3)28-12(25)18-10-16-6(5-29-10)7(8(22)23)21-31(26,27)13-20-19-11(30-13)17-9(24)15-4/h5,7,21H,1-4H3,(H,22,23)(H,16,18,25)(H2,15,17,19,24)/t7-/m1/s1. The molecular weight excluding hydrogens is 474 g/mol. The Hall–Kier alpha value is -2.89. The van der Waals surface area contributed by atoms with Gasteiger partial charge in [0.25, 0.3) is 10.0 Å². The number of sulfonamides is 1. The van der Waals surface area contributed by atoms with Crippen LogP contribution in [0.4, 0.5) is 19.9 Å². The number of ether oxygens (including phenoxy) is 1. The van der Waals surface area contributed by atoms with Gasteiger partial charge < -0.3 is 15.2 Å². The van der Waals surface area contributed by atoms with E-state index in [9.17, 15) is 27.9 Å². The average molecular weight is 494 g/mol. The monoisotopic (exact) mass is 493 g/mol. The molecule has 1 atom stereocenters. The van der Waals surface area contributed by atoms with E-state index in [4.69, 9.17) is 4.74 Å². The summed E-state index contributed by atoms with van der Waals surface area (Å²) in [6, 6.07) is -2.40. The average Bonchev–Trinajstić information content (AvgIpc) is 3.27. The van der Waals surface area contributed by atoms with Crippen molar-refractivity contribution >= 4 is 61.1 Å². The second-order valence-electron chi connectivity index (χ2n) is 6.67. The maximum absolute atomic E-state index is 12.5. The summed E-state index contributed by atoms with van der Waals surface area (Å²) in [6.07, 6.45) is -0.800. The minimum absolute atomic E-state index is 0.0164. The van der Waals surface area contributed by atoms with Gasteiger partial charge in [0.05, 0.1) is 5.69 Å². The molecule has 0 unspecified atom stereocenters. The summed E-state index contributed by atoms with van der Waals surface area (Å²) in [4.78, 5) is 38.7. The lowest BCUT2D eigenvalue weighted by atomic mass is 10.2. The van der Waals surface area contributed by atoms with E-state index in [-0.39, 0.29) is 16.0 Å². The van der Waals surface area contributed by atoms with Crippen LogP contribution in [0.15, 0.2) is 9.72 Å². The van der Waals surface area contributed by atoms with Crippen molar-refractivity contribution in [1.29, 1.82) is 0 Å². The summed E-state index contributed by atoms with van der Waals surface area (Å²) in [7, 11) is -3.06. The fraction of sp³-hybridized carbons (Fsp3) is 0.429. The minimum atomic E-state index is -4.42. The molecule has 0 spiro atoms. The SMILES string of the molecule is CNC(=O)Nc1nnc(S(=O)(=O)N[C@@H](C(=O)O)c2csc(NC(=O)OC(C)(C)C)n2)s1. The molecule has 0 bridgehead atoms. The van der Waals surface area contributed by atoms with Crippen molar-refractivity contribution in [3.8, 4) is 0 Å². The van der Waals surface area contributed by atoms with Gasteiger partial charge >= 0.3 is 18.1 Å². The van der Waals surface area contributed by atoms with E-state index in [0.717, 1.165) is 11.3 Å². The van der Waals surface area contributed by atoms with Gasteiger partial charge in [0.15, 0.2) is 11.2 Å². The van der Waals surface area contributed by atoms with Crippen molar-refractivity contribution < 1.29 is 32.6 Å².